The van der Waals surface area contributed by atoms with Gasteiger partial charge in [0.15, 0.2) is 0 Å². The highest BCUT2D eigenvalue weighted by molar-refractivity contribution is 5.77. The molecule has 0 saturated heterocycles. The van der Waals surface area contributed by atoms with Gasteiger partial charge in [0.2, 0.25) is 5.91 Å². The minimum Gasteiger partial charge on any atom is -0.352 e. The molecule has 3 N–H and O–H groups in total. The van der Waals surface area contributed by atoms with Crippen LogP contribution in [0.1, 0.15) is 37.7 Å². The zero-order chi connectivity index (χ0) is 18.2. The second kappa shape index (κ2) is 9.15. The van der Waals surface area contributed by atoms with Crippen molar-refractivity contribution in [2.24, 2.45) is 5.73 Å². The Kier molecular flexibility index (Phi) is 6.39. The maximum absolute atomic E-state index is 11.9. The first kappa shape index (κ1) is 18.1. The van der Waals surface area contributed by atoms with Gasteiger partial charge in [-0.3, -0.25) is 9.36 Å². The fraction of sp³-hybridized carbons (Fsp3) is 0.333. The zero-order valence-corrected chi connectivity index (χ0v) is 15.0. The van der Waals surface area contributed by atoms with E-state index in [0.717, 1.165) is 54.5 Å². The van der Waals surface area contributed by atoms with Crippen LogP contribution < -0.4 is 11.1 Å². The minimum atomic E-state index is 0.113. The molecule has 0 fully saturated rings. The van der Waals surface area contributed by atoms with Gasteiger partial charge in [0.25, 0.3) is 0 Å². The third-order valence-electron chi connectivity index (χ3n) is 4.52. The predicted octanol–water partition coefficient (Wildman–Crippen LogP) is 3.55. The topological polar surface area (TPSA) is 72.9 Å². The minimum absolute atomic E-state index is 0.113. The third kappa shape index (κ3) is 4.70. The van der Waals surface area contributed by atoms with E-state index in [9.17, 15) is 4.79 Å². The number of nitrogens with two attached hydrogens (primary N) is 1. The molecule has 0 aliphatic heterocycles. The SMILES string of the molecule is NCCCCCCC(=O)NCc1ccc(-n2cnc3ccccc32)cc1. The van der Waals surface area contributed by atoms with Gasteiger partial charge in [0, 0.05) is 18.7 Å². The molecule has 136 valence electrons. The molecule has 0 radical (unpaired) electrons. The van der Waals surface area contributed by atoms with Crippen LogP contribution in [0.2, 0.25) is 0 Å². The molecular weight excluding hydrogens is 324 g/mol. The number of para-hydroxylation sites is 2. The molecule has 5 nitrogen and oxygen atoms in total. The van der Waals surface area contributed by atoms with Crippen LogP contribution in [0.3, 0.4) is 0 Å². The van der Waals surface area contributed by atoms with Crippen LogP contribution in [0.15, 0.2) is 54.9 Å². The lowest BCUT2D eigenvalue weighted by molar-refractivity contribution is -0.121. The first-order chi connectivity index (χ1) is 12.8. The number of unbranched alkanes of at least 4 members (excludes halogenated alkanes) is 3. The molecule has 0 spiro atoms. The molecule has 1 heterocycles. The number of imidazole rings is 1. The van der Waals surface area contributed by atoms with Crippen molar-refractivity contribution < 1.29 is 4.79 Å². The number of nitrogens with one attached hydrogen (secondary N) is 1. The van der Waals surface area contributed by atoms with E-state index in [0.29, 0.717) is 13.0 Å². The molecule has 0 aliphatic carbocycles. The van der Waals surface area contributed by atoms with Gasteiger partial charge in [-0.05, 0) is 49.2 Å². The van der Waals surface area contributed by atoms with Crippen LogP contribution in [-0.2, 0) is 11.3 Å². The fourth-order valence-corrected chi connectivity index (χ4v) is 3.01. The van der Waals surface area contributed by atoms with Gasteiger partial charge < -0.3 is 11.1 Å². The van der Waals surface area contributed by atoms with Gasteiger partial charge in [-0.1, -0.05) is 37.1 Å². The largest absolute Gasteiger partial charge is 0.352 e. The van der Waals surface area contributed by atoms with E-state index < -0.39 is 0 Å². The van der Waals surface area contributed by atoms with Crippen LogP contribution in [0.25, 0.3) is 16.7 Å². The number of fused-ring (bicyclic) bond motifs is 1. The quantitative estimate of drug-likeness (QED) is 0.580. The standard InChI is InChI=1S/C21H26N4O/c22-14-6-2-1-3-9-21(26)23-15-17-10-12-18(13-11-17)25-16-24-19-7-4-5-8-20(19)25/h4-5,7-8,10-13,16H,1-3,6,9,14-15,22H2,(H,23,26). The Hall–Kier alpha value is -2.66. The zero-order valence-electron chi connectivity index (χ0n) is 15.0. The van der Waals surface area contributed by atoms with E-state index in [2.05, 4.69) is 33.1 Å². The van der Waals surface area contributed by atoms with Crippen molar-refractivity contribution in [3.8, 4) is 5.69 Å². The number of hydrogen-bond acceptors (Lipinski definition) is 3. The Morgan fingerprint density at radius 3 is 2.58 bits per heavy atom. The summed E-state index contributed by atoms with van der Waals surface area (Å²) in [6.45, 7) is 1.30. The normalized spacial score (nSPS) is 11.0. The highest BCUT2D eigenvalue weighted by atomic mass is 16.1. The Morgan fingerprint density at radius 1 is 1.00 bits per heavy atom. The van der Waals surface area contributed by atoms with Crippen molar-refractivity contribution in [1.82, 2.24) is 14.9 Å². The van der Waals surface area contributed by atoms with Crippen molar-refractivity contribution >= 4 is 16.9 Å². The number of carbonyl (C=O) groups is 1. The molecule has 5 heteroatoms. The molecule has 0 bridgehead atoms. The predicted molar refractivity (Wildman–Crippen MR) is 105 cm³/mol. The third-order valence-corrected chi connectivity index (χ3v) is 4.52. The summed E-state index contributed by atoms with van der Waals surface area (Å²) in [6, 6.07) is 16.3. The van der Waals surface area contributed by atoms with Gasteiger partial charge in [-0.15, -0.1) is 0 Å². The molecule has 0 unspecified atom stereocenters. The fourth-order valence-electron chi connectivity index (χ4n) is 3.01. The van der Waals surface area contributed by atoms with Crippen LogP contribution in [-0.4, -0.2) is 22.0 Å². The van der Waals surface area contributed by atoms with Gasteiger partial charge >= 0.3 is 0 Å². The Morgan fingerprint density at radius 2 is 1.77 bits per heavy atom. The molecule has 1 amide bonds. The molecule has 0 atom stereocenters. The molecule has 26 heavy (non-hydrogen) atoms. The lowest BCUT2D eigenvalue weighted by Crippen LogP contribution is -2.22. The monoisotopic (exact) mass is 350 g/mol. The Bertz CT molecular complexity index is 839. The lowest BCUT2D eigenvalue weighted by Gasteiger charge is -2.08. The van der Waals surface area contributed by atoms with E-state index in [1.54, 1.807) is 0 Å². The second-order valence-corrected chi connectivity index (χ2v) is 6.50. The maximum Gasteiger partial charge on any atom is 0.220 e. The van der Waals surface area contributed by atoms with E-state index in [-0.39, 0.29) is 5.91 Å². The number of amides is 1. The van der Waals surface area contributed by atoms with Gasteiger partial charge in [-0.25, -0.2) is 4.98 Å². The van der Waals surface area contributed by atoms with Gasteiger partial charge in [0.05, 0.1) is 11.0 Å². The summed E-state index contributed by atoms with van der Waals surface area (Å²) >= 11 is 0. The highest BCUT2D eigenvalue weighted by Gasteiger charge is 2.05. The number of benzene rings is 2. The first-order valence-electron chi connectivity index (χ1n) is 9.26. The van der Waals surface area contributed by atoms with Crippen LogP contribution in [0.5, 0.6) is 0 Å². The Balaban J connectivity index is 1.51. The molecule has 3 aromatic rings. The number of hydrogen-bond donors (Lipinski definition) is 2. The average molecular weight is 350 g/mol. The molecule has 0 aliphatic rings. The molecule has 2 aromatic carbocycles. The van der Waals surface area contributed by atoms with Crippen molar-refractivity contribution in [3.63, 3.8) is 0 Å². The van der Waals surface area contributed by atoms with Crippen LogP contribution in [0.4, 0.5) is 0 Å². The smallest absolute Gasteiger partial charge is 0.220 e. The molecular formula is C21H26N4O. The van der Waals surface area contributed by atoms with Crippen molar-refractivity contribution in [2.75, 3.05) is 6.54 Å². The number of carbonyl (C=O) groups excluding carboxylic acids is 1. The van der Waals surface area contributed by atoms with E-state index in [1.807, 2.05) is 36.7 Å². The number of nitrogens with zero attached hydrogens (tertiary/aromatic N) is 2. The van der Waals surface area contributed by atoms with E-state index >= 15 is 0 Å². The molecule has 0 saturated carbocycles. The summed E-state index contributed by atoms with van der Waals surface area (Å²) in [5, 5.41) is 2.99. The summed E-state index contributed by atoms with van der Waals surface area (Å²) in [5.74, 6) is 0.113. The Labute approximate surface area is 154 Å². The second-order valence-electron chi connectivity index (χ2n) is 6.50. The number of rotatable bonds is 9. The molecule has 3 rings (SSSR count). The summed E-state index contributed by atoms with van der Waals surface area (Å²) in [5.41, 5.74) is 9.69. The lowest BCUT2D eigenvalue weighted by atomic mass is 10.1. The van der Waals surface area contributed by atoms with Gasteiger partial charge in [-0.2, -0.15) is 0 Å². The van der Waals surface area contributed by atoms with Crippen molar-refractivity contribution in [2.45, 2.75) is 38.6 Å². The first-order valence-corrected chi connectivity index (χ1v) is 9.26. The summed E-state index contributed by atoms with van der Waals surface area (Å²) in [6.07, 6.45) is 6.57. The van der Waals surface area contributed by atoms with Crippen molar-refractivity contribution in [1.29, 1.82) is 0 Å². The van der Waals surface area contributed by atoms with Crippen LogP contribution >= 0.6 is 0 Å². The van der Waals surface area contributed by atoms with Crippen molar-refractivity contribution in [3.05, 3.63) is 60.4 Å². The average Bonchev–Trinajstić information content (AvgIpc) is 3.11. The summed E-state index contributed by atoms with van der Waals surface area (Å²) in [7, 11) is 0. The summed E-state index contributed by atoms with van der Waals surface area (Å²) in [4.78, 5) is 16.3. The molecule has 1 aromatic heterocycles. The number of aromatic nitrogens is 2. The van der Waals surface area contributed by atoms with Crippen LogP contribution in [0, 0.1) is 0 Å². The van der Waals surface area contributed by atoms with E-state index in [1.165, 1.54) is 0 Å². The van der Waals surface area contributed by atoms with E-state index in [4.69, 9.17) is 5.73 Å². The summed E-state index contributed by atoms with van der Waals surface area (Å²) < 4.78 is 2.07. The highest BCUT2D eigenvalue weighted by Crippen LogP contribution is 2.18. The maximum atomic E-state index is 11.9. The van der Waals surface area contributed by atoms with Gasteiger partial charge in [0.1, 0.15) is 6.33 Å².